The number of thiophene rings is 1. The second kappa shape index (κ2) is 7.28. The van der Waals surface area contributed by atoms with Gasteiger partial charge < -0.3 is 4.57 Å². The van der Waals surface area contributed by atoms with Crippen molar-refractivity contribution < 1.29 is 0 Å². The second-order valence-corrected chi connectivity index (χ2v) is 10.0. The molecule has 0 N–H and O–H groups in total. The van der Waals surface area contributed by atoms with Crippen LogP contribution < -0.4 is 0 Å². The fraction of sp³-hybridized carbons (Fsp3) is 0.0645. The van der Waals surface area contributed by atoms with Crippen molar-refractivity contribution in [1.82, 2.24) is 9.55 Å². The summed E-state index contributed by atoms with van der Waals surface area (Å²) in [7, 11) is 0. The monoisotopic (exact) mass is 454 g/mol. The van der Waals surface area contributed by atoms with Crippen LogP contribution in [0.1, 0.15) is 11.3 Å². The zero-order valence-electron chi connectivity index (χ0n) is 19.0. The summed E-state index contributed by atoms with van der Waals surface area (Å²) in [6.07, 6.45) is 1.91. The molecule has 7 rings (SSSR count). The van der Waals surface area contributed by atoms with Gasteiger partial charge in [0.1, 0.15) is 0 Å². The van der Waals surface area contributed by atoms with E-state index in [0.717, 1.165) is 5.69 Å². The highest BCUT2D eigenvalue weighted by atomic mass is 32.1. The Morgan fingerprint density at radius 3 is 2.26 bits per heavy atom. The molecule has 3 heterocycles. The lowest BCUT2D eigenvalue weighted by atomic mass is 10.0. The van der Waals surface area contributed by atoms with Gasteiger partial charge in [-0.15, -0.1) is 11.3 Å². The number of hydrogen-bond donors (Lipinski definition) is 0. The van der Waals surface area contributed by atoms with Crippen LogP contribution in [-0.4, -0.2) is 9.55 Å². The predicted molar refractivity (Wildman–Crippen MR) is 146 cm³/mol. The topological polar surface area (TPSA) is 17.8 Å². The molecule has 2 nitrogen and oxygen atoms in total. The van der Waals surface area contributed by atoms with E-state index in [1.54, 1.807) is 0 Å². The van der Waals surface area contributed by atoms with Crippen LogP contribution in [0.2, 0.25) is 0 Å². The fourth-order valence-electron chi connectivity index (χ4n) is 5.24. The van der Waals surface area contributed by atoms with Crippen molar-refractivity contribution in [3.05, 3.63) is 108 Å². The van der Waals surface area contributed by atoms with E-state index in [1.165, 1.54) is 64.4 Å². The van der Waals surface area contributed by atoms with Gasteiger partial charge in [-0.05, 0) is 60.9 Å². The van der Waals surface area contributed by atoms with Gasteiger partial charge in [-0.2, -0.15) is 0 Å². The van der Waals surface area contributed by atoms with Gasteiger partial charge in [0.05, 0.1) is 21.4 Å². The average molecular weight is 455 g/mol. The fourth-order valence-corrected chi connectivity index (χ4v) is 6.42. The van der Waals surface area contributed by atoms with Crippen LogP contribution in [0.5, 0.6) is 0 Å². The van der Waals surface area contributed by atoms with Gasteiger partial charge in [-0.3, -0.25) is 4.98 Å². The van der Waals surface area contributed by atoms with E-state index < -0.39 is 0 Å². The molecule has 3 aromatic heterocycles. The summed E-state index contributed by atoms with van der Waals surface area (Å²) in [6, 6.07) is 33.2. The summed E-state index contributed by atoms with van der Waals surface area (Å²) in [5.41, 5.74) is 8.56. The Morgan fingerprint density at radius 2 is 1.38 bits per heavy atom. The molecule has 0 saturated heterocycles. The van der Waals surface area contributed by atoms with Crippen molar-refractivity contribution in [3.63, 3.8) is 0 Å². The maximum absolute atomic E-state index is 4.49. The van der Waals surface area contributed by atoms with Gasteiger partial charge in [0.2, 0.25) is 0 Å². The van der Waals surface area contributed by atoms with Crippen LogP contribution >= 0.6 is 11.3 Å². The predicted octanol–water partition coefficient (Wildman–Crippen LogP) is 8.83. The third kappa shape index (κ3) is 2.77. The van der Waals surface area contributed by atoms with Crippen LogP contribution in [0.4, 0.5) is 0 Å². The molecule has 0 atom stereocenters. The lowest BCUT2D eigenvalue weighted by Gasteiger charge is -2.11. The van der Waals surface area contributed by atoms with E-state index >= 15 is 0 Å². The molecule has 0 aliphatic rings. The smallest absolute Gasteiger partial charge is 0.0568 e. The summed E-state index contributed by atoms with van der Waals surface area (Å²) < 4.78 is 5.00. The van der Waals surface area contributed by atoms with Crippen molar-refractivity contribution in [1.29, 1.82) is 0 Å². The van der Waals surface area contributed by atoms with E-state index in [4.69, 9.17) is 0 Å². The average Bonchev–Trinajstić information content (AvgIpc) is 3.40. The summed E-state index contributed by atoms with van der Waals surface area (Å²) in [5.74, 6) is 0. The minimum atomic E-state index is 1.10. The largest absolute Gasteiger partial charge is 0.309 e. The summed E-state index contributed by atoms with van der Waals surface area (Å²) >= 11 is 1.84. The Balaban J connectivity index is 1.49. The first-order valence-corrected chi connectivity index (χ1v) is 12.4. The Labute approximate surface area is 201 Å². The zero-order valence-corrected chi connectivity index (χ0v) is 19.9. The Hall–Kier alpha value is -3.95. The van der Waals surface area contributed by atoms with Crippen LogP contribution in [0, 0.1) is 13.8 Å². The van der Waals surface area contributed by atoms with E-state index in [9.17, 15) is 0 Å². The number of aromatic nitrogens is 2. The van der Waals surface area contributed by atoms with E-state index in [0.29, 0.717) is 0 Å². The number of fused-ring (bicyclic) bond motifs is 6. The third-order valence-corrected chi connectivity index (χ3v) is 8.21. The molecule has 162 valence electrons. The quantitative estimate of drug-likeness (QED) is 0.255. The molecule has 0 bridgehead atoms. The Bertz CT molecular complexity index is 1890. The van der Waals surface area contributed by atoms with Gasteiger partial charge in [0.15, 0.2) is 0 Å². The van der Waals surface area contributed by atoms with Crippen molar-refractivity contribution in [3.8, 4) is 16.8 Å². The molecule has 3 heteroatoms. The molecule has 0 fully saturated rings. The minimum Gasteiger partial charge on any atom is -0.309 e. The lowest BCUT2D eigenvalue weighted by Crippen LogP contribution is -1.96. The molecule has 0 saturated carbocycles. The van der Waals surface area contributed by atoms with Crippen molar-refractivity contribution >= 4 is 53.3 Å². The SMILES string of the molecule is Cc1ccccc1-n1c2ccccc2c2ccc(-c3ccc4c(c3)sc3c(C)nccc34)cc21. The first-order valence-electron chi connectivity index (χ1n) is 11.6. The van der Waals surface area contributed by atoms with E-state index in [-0.39, 0.29) is 0 Å². The second-order valence-electron chi connectivity index (χ2n) is 8.96. The van der Waals surface area contributed by atoms with E-state index in [2.05, 4.69) is 114 Å². The molecule has 7 aromatic rings. The maximum Gasteiger partial charge on any atom is 0.0568 e. The van der Waals surface area contributed by atoms with Crippen molar-refractivity contribution in [2.24, 2.45) is 0 Å². The molecule has 4 aromatic carbocycles. The molecule has 0 amide bonds. The van der Waals surface area contributed by atoms with Crippen LogP contribution in [-0.2, 0) is 0 Å². The molecular weight excluding hydrogens is 432 g/mol. The number of rotatable bonds is 2. The van der Waals surface area contributed by atoms with Gasteiger partial charge >= 0.3 is 0 Å². The number of pyridine rings is 1. The highest BCUT2D eigenvalue weighted by Crippen LogP contribution is 2.39. The summed E-state index contributed by atoms with van der Waals surface area (Å²) in [5, 5.41) is 5.18. The van der Waals surface area contributed by atoms with Gasteiger partial charge in [0.25, 0.3) is 0 Å². The maximum atomic E-state index is 4.49. The molecular formula is C31H22N2S. The Kier molecular flexibility index (Phi) is 4.18. The van der Waals surface area contributed by atoms with Crippen LogP contribution in [0.25, 0.3) is 58.8 Å². The lowest BCUT2D eigenvalue weighted by molar-refractivity contribution is 1.15. The van der Waals surface area contributed by atoms with Gasteiger partial charge in [-0.1, -0.05) is 60.7 Å². The van der Waals surface area contributed by atoms with E-state index in [1.807, 2.05) is 17.5 Å². The van der Waals surface area contributed by atoms with Gasteiger partial charge in [-0.25, -0.2) is 0 Å². The molecule has 0 aliphatic carbocycles. The highest BCUT2D eigenvalue weighted by molar-refractivity contribution is 7.26. The summed E-state index contributed by atoms with van der Waals surface area (Å²) in [6.45, 7) is 4.28. The number of para-hydroxylation sites is 2. The number of nitrogens with zero attached hydrogens (tertiary/aromatic N) is 2. The van der Waals surface area contributed by atoms with Gasteiger partial charge in [0, 0.05) is 38.1 Å². The molecule has 0 radical (unpaired) electrons. The van der Waals surface area contributed by atoms with Crippen LogP contribution in [0.15, 0.2) is 97.2 Å². The van der Waals surface area contributed by atoms with Crippen LogP contribution in [0.3, 0.4) is 0 Å². The number of benzene rings is 4. The third-order valence-electron chi connectivity index (χ3n) is 6.93. The normalized spacial score (nSPS) is 11.8. The number of aryl methyl sites for hydroxylation is 2. The molecule has 34 heavy (non-hydrogen) atoms. The minimum absolute atomic E-state index is 1.10. The molecule has 0 spiro atoms. The molecule has 0 aliphatic heterocycles. The first kappa shape index (κ1) is 19.5. The highest BCUT2D eigenvalue weighted by Gasteiger charge is 2.15. The van der Waals surface area contributed by atoms with Crippen molar-refractivity contribution in [2.45, 2.75) is 13.8 Å². The standard InChI is InChI=1S/C31H22N2S/c1-19-7-3-5-9-27(19)33-28-10-6-4-8-23(28)24-13-11-21(17-29(24)33)22-12-14-25-26-15-16-32-20(2)31(26)34-30(25)18-22/h3-18H,1-2H3. The summed E-state index contributed by atoms with van der Waals surface area (Å²) in [4.78, 5) is 4.49. The number of hydrogen-bond acceptors (Lipinski definition) is 2. The zero-order chi connectivity index (χ0) is 22.8. The first-order chi connectivity index (χ1) is 16.7. The van der Waals surface area contributed by atoms with Crippen molar-refractivity contribution in [2.75, 3.05) is 0 Å². The Morgan fingerprint density at radius 1 is 0.647 bits per heavy atom. The molecule has 0 unspecified atom stereocenters.